The molecule has 180 valence electrons. The van der Waals surface area contributed by atoms with Crippen molar-refractivity contribution in [3.05, 3.63) is 125 Å². The van der Waals surface area contributed by atoms with Crippen molar-refractivity contribution >= 4 is 22.4 Å². The van der Waals surface area contributed by atoms with E-state index in [4.69, 9.17) is 26.1 Å². The standard InChI is InChI=1S/C31H26ClNO3/c1-35-30-26(21-15-17-23(32)18-16-21)19-27(31(33-30)36-2)28(22-10-4-3-5-11-22)29(34)25-14-8-12-20-9-6-7-13-24(20)25/h3-19,28-29,34H,1-2H3. The van der Waals surface area contributed by atoms with Crippen molar-refractivity contribution in [2.75, 3.05) is 14.2 Å². The minimum absolute atomic E-state index is 0.401. The molecule has 0 fully saturated rings. The number of aromatic nitrogens is 1. The predicted molar refractivity (Wildman–Crippen MR) is 145 cm³/mol. The molecule has 0 spiro atoms. The monoisotopic (exact) mass is 495 g/mol. The molecular formula is C31H26ClNO3. The Labute approximate surface area is 215 Å². The normalized spacial score (nSPS) is 12.8. The van der Waals surface area contributed by atoms with Crippen molar-refractivity contribution in [2.24, 2.45) is 0 Å². The van der Waals surface area contributed by atoms with E-state index >= 15 is 0 Å². The number of nitrogens with zero attached hydrogens (tertiary/aromatic N) is 1. The van der Waals surface area contributed by atoms with E-state index in [0.29, 0.717) is 16.8 Å². The number of aliphatic hydroxyl groups is 1. The number of hydrogen-bond donors (Lipinski definition) is 1. The Hall–Kier alpha value is -3.86. The smallest absolute Gasteiger partial charge is 0.224 e. The molecule has 5 heteroatoms. The summed E-state index contributed by atoms with van der Waals surface area (Å²) in [5.41, 5.74) is 4.24. The number of ether oxygens (including phenoxy) is 2. The van der Waals surface area contributed by atoms with Crippen LogP contribution in [0.15, 0.2) is 103 Å². The molecule has 0 bridgehead atoms. The SMILES string of the molecule is COc1nc(OC)c(C(c2ccccc2)C(O)c2cccc3ccccc23)cc1-c1ccc(Cl)cc1. The Balaban J connectivity index is 1.74. The molecular weight excluding hydrogens is 470 g/mol. The van der Waals surface area contributed by atoms with E-state index in [1.165, 1.54) is 0 Å². The molecule has 36 heavy (non-hydrogen) atoms. The Morgan fingerprint density at radius 1 is 0.722 bits per heavy atom. The number of hydrogen-bond acceptors (Lipinski definition) is 4. The number of methoxy groups -OCH3 is 2. The molecule has 1 aromatic heterocycles. The third-order valence-electron chi connectivity index (χ3n) is 6.47. The van der Waals surface area contributed by atoms with Crippen LogP contribution in [0.4, 0.5) is 0 Å². The maximum Gasteiger partial charge on any atom is 0.224 e. The number of aliphatic hydroxyl groups excluding tert-OH is 1. The van der Waals surface area contributed by atoms with E-state index in [1.54, 1.807) is 14.2 Å². The highest BCUT2D eigenvalue weighted by Gasteiger charge is 2.30. The van der Waals surface area contributed by atoms with Gasteiger partial charge < -0.3 is 14.6 Å². The van der Waals surface area contributed by atoms with Gasteiger partial charge in [0.15, 0.2) is 0 Å². The number of fused-ring (bicyclic) bond motifs is 1. The minimum Gasteiger partial charge on any atom is -0.481 e. The van der Waals surface area contributed by atoms with Crippen LogP contribution in [0.2, 0.25) is 5.02 Å². The summed E-state index contributed by atoms with van der Waals surface area (Å²) in [6.45, 7) is 0. The van der Waals surface area contributed by atoms with E-state index in [2.05, 4.69) is 12.1 Å². The fourth-order valence-electron chi connectivity index (χ4n) is 4.75. The second-order valence-corrected chi connectivity index (χ2v) is 8.99. The van der Waals surface area contributed by atoms with E-state index in [1.807, 2.05) is 91.0 Å². The summed E-state index contributed by atoms with van der Waals surface area (Å²) in [5.74, 6) is 0.388. The topological polar surface area (TPSA) is 51.6 Å². The Morgan fingerprint density at radius 3 is 2.11 bits per heavy atom. The zero-order valence-corrected chi connectivity index (χ0v) is 20.8. The number of rotatable bonds is 7. The molecule has 2 unspecified atom stereocenters. The highest BCUT2D eigenvalue weighted by atomic mass is 35.5. The lowest BCUT2D eigenvalue weighted by Gasteiger charge is -2.27. The summed E-state index contributed by atoms with van der Waals surface area (Å²) in [5, 5.41) is 14.7. The summed E-state index contributed by atoms with van der Waals surface area (Å²) in [4.78, 5) is 4.70. The van der Waals surface area contributed by atoms with Gasteiger partial charge in [0.25, 0.3) is 0 Å². The summed E-state index contributed by atoms with van der Waals surface area (Å²) in [7, 11) is 3.17. The second-order valence-electron chi connectivity index (χ2n) is 8.55. The molecule has 0 aliphatic rings. The average molecular weight is 496 g/mol. The maximum absolute atomic E-state index is 12.0. The van der Waals surface area contributed by atoms with Crippen LogP contribution < -0.4 is 9.47 Å². The Morgan fingerprint density at radius 2 is 1.39 bits per heavy atom. The highest BCUT2D eigenvalue weighted by Crippen LogP contribution is 2.45. The summed E-state index contributed by atoms with van der Waals surface area (Å²) >= 11 is 6.14. The minimum atomic E-state index is -0.860. The van der Waals surface area contributed by atoms with Crippen molar-refractivity contribution in [3.63, 3.8) is 0 Å². The molecule has 1 heterocycles. The van der Waals surface area contributed by atoms with Crippen molar-refractivity contribution in [2.45, 2.75) is 12.0 Å². The van der Waals surface area contributed by atoms with Crippen LogP contribution in [-0.2, 0) is 0 Å². The lowest BCUT2D eigenvalue weighted by Crippen LogP contribution is -2.15. The first-order valence-corrected chi connectivity index (χ1v) is 12.1. The second kappa shape index (κ2) is 10.4. The van der Waals surface area contributed by atoms with Crippen LogP contribution in [0.25, 0.3) is 21.9 Å². The number of pyridine rings is 1. The van der Waals surface area contributed by atoms with Crippen LogP contribution in [0.1, 0.15) is 28.7 Å². The molecule has 5 rings (SSSR count). The van der Waals surface area contributed by atoms with E-state index in [-0.39, 0.29) is 0 Å². The third-order valence-corrected chi connectivity index (χ3v) is 6.73. The Kier molecular flexibility index (Phi) is 6.90. The first-order valence-electron chi connectivity index (χ1n) is 11.7. The van der Waals surface area contributed by atoms with Gasteiger partial charge in [0, 0.05) is 22.1 Å². The average Bonchev–Trinajstić information content (AvgIpc) is 2.93. The zero-order valence-electron chi connectivity index (χ0n) is 20.1. The third kappa shape index (κ3) is 4.53. The molecule has 5 aromatic rings. The van der Waals surface area contributed by atoms with Crippen molar-refractivity contribution in [1.29, 1.82) is 0 Å². The van der Waals surface area contributed by atoms with E-state index in [0.717, 1.165) is 38.6 Å². The predicted octanol–water partition coefficient (Wildman–Crippen LogP) is 7.44. The number of benzene rings is 4. The quantitative estimate of drug-likeness (QED) is 0.255. The largest absolute Gasteiger partial charge is 0.481 e. The molecule has 0 radical (unpaired) electrons. The zero-order chi connectivity index (χ0) is 25.1. The van der Waals surface area contributed by atoms with Gasteiger partial charge in [-0.25, -0.2) is 0 Å². The van der Waals surface area contributed by atoms with Gasteiger partial charge in [-0.1, -0.05) is 96.5 Å². The molecule has 1 N–H and O–H groups in total. The fourth-order valence-corrected chi connectivity index (χ4v) is 4.88. The van der Waals surface area contributed by atoms with E-state index < -0.39 is 12.0 Å². The van der Waals surface area contributed by atoms with Gasteiger partial charge in [0.05, 0.1) is 20.3 Å². The first-order chi connectivity index (χ1) is 17.6. The molecule has 0 aliphatic heterocycles. The number of halogens is 1. The first kappa shape index (κ1) is 23.9. The molecule has 0 saturated heterocycles. The Bertz CT molecular complexity index is 1480. The lowest BCUT2D eigenvalue weighted by molar-refractivity contribution is 0.158. The van der Waals surface area contributed by atoms with Crippen molar-refractivity contribution in [3.8, 4) is 22.9 Å². The van der Waals surface area contributed by atoms with Gasteiger partial charge in [-0.3, -0.25) is 0 Å². The van der Waals surface area contributed by atoms with Gasteiger partial charge in [0.1, 0.15) is 0 Å². The van der Waals surface area contributed by atoms with Gasteiger partial charge in [-0.05, 0) is 45.7 Å². The summed E-state index contributed by atoms with van der Waals surface area (Å²) in [6.07, 6.45) is -0.860. The highest BCUT2D eigenvalue weighted by molar-refractivity contribution is 6.30. The van der Waals surface area contributed by atoms with Crippen LogP contribution in [0.3, 0.4) is 0 Å². The lowest BCUT2D eigenvalue weighted by atomic mass is 9.82. The van der Waals surface area contributed by atoms with Crippen LogP contribution in [-0.4, -0.2) is 24.3 Å². The molecule has 4 nitrogen and oxygen atoms in total. The van der Waals surface area contributed by atoms with Crippen LogP contribution in [0.5, 0.6) is 11.8 Å². The summed E-state index contributed by atoms with van der Waals surface area (Å²) in [6, 6.07) is 33.6. The van der Waals surface area contributed by atoms with Gasteiger partial charge in [-0.2, -0.15) is 4.98 Å². The van der Waals surface area contributed by atoms with Crippen molar-refractivity contribution in [1.82, 2.24) is 4.98 Å². The van der Waals surface area contributed by atoms with Crippen LogP contribution >= 0.6 is 11.6 Å². The van der Waals surface area contributed by atoms with Gasteiger partial charge in [0.2, 0.25) is 11.8 Å². The van der Waals surface area contributed by atoms with Crippen LogP contribution in [0, 0.1) is 0 Å². The molecule has 0 amide bonds. The summed E-state index contributed by atoms with van der Waals surface area (Å²) < 4.78 is 11.4. The molecule has 4 aromatic carbocycles. The van der Waals surface area contributed by atoms with Gasteiger partial charge in [-0.15, -0.1) is 0 Å². The van der Waals surface area contributed by atoms with Gasteiger partial charge >= 0.3 is 0 Å². The van der Waals surface area contributed by atoms with Crippen molar-refractivity contribution < 1.29 is 14.6 Å². The maximum atomic E-state index is 12.0. The molecule has 2 atom stereocenters. The van der Waals surface area contributed by atoms with E-state index in [9.17, 15) is 5.11 Å². The molecule has 0 aliphatic carbocycles. The molecule has 0 saturated carbocycles. The fraction of sp³-hybridized carbons (Fsp3) is 0.129.